The molecule has 1 fully saturated rings. The minimum atomic E-state index is -0.852. The predicted molar refractivity (Wildman–Crippen MR) is 141 cm³/mol. The van der Waals surface area contributed by atoms with Crippen LogP contribution in [0.3, 0.4) is 0 Å². The Hall–Kier alpha value is -4.14. The van der Waals surface area contributed by atoms with Gasteiger partial charge in [-0.05, 0) is 49.1 Å². The summed E-state index contributed by atoms with van der Waals surface area (Å²) in [5, 5.41) is 6.37. The number of benzene rings is 2. The molecule has 9 heteroatoms. The highest BCUT2D eigenvalue weighted by Gasteiger charge is 2.32. The monoisotopic (exact) mass is 503 g/mol. The lowest BCUT2D eigenvalue weighted by Crippen LogP contribution is -2.59. The molecule has 1 aromatic heterocycles. The first-order valence-electron chi connectivity index (χ1n) is 12.4. The number of likely N-dealkylation sites (N-methyl/N-ethyl adjacent to an activating group) is 1. The van der Waals surface area contributed by atoms with Gasteiger partial charge in [0.1, 0.15) is 25.2 Å². The lowest BCUT2D eigenvalue weighted by molar-refractivity contribution is -0.146. The van der Waals surface area contributed by atoms with E-state index in [1.165, 1.54) is 10.5 Å². The van der Waals surface area contributed by atoms with Gasteiger partial charge in [0.15, 0.2) is 0 Å². The summed E-state index contributed by atoms with van der Waals surface area (Å²) in [6.45, 7) is 5.55. The molecule has 2 unspecified atom stereocenters. The van der Waals surface area contributed by atoms with Crippen molar-refractivity contribution in [2.75, 3.05) is 20.1 Å². The van der Waals surface area contributed by atoms with E-state index in [0.717, 1.165) is 27.6 Å². The first kappa shape index (κ1) is 25.9. The number of piperazine rings is 1. The number of fused-ring (bicyclic) bond motifs is 1. The van der Waals surface area contributed by atoms with E-state index in [1.54, 1.807) is 18.9 Å². The number of aromatic amines is 1. The Morgan fingerprint density at radius 2 is 1.89 bits per heavy atom. The third-order valence-electron chi connectivity index (χ3n) is 6.83. The number of para-hydroxylation sites is 1. The molecular weight excluding hydrogens is 470 g/mol. The zero-order chi connectivity index (χ0) is 26.7. The number of nitrogens with one attached hydrogen (secondary N) is 3. The molecule has 1 aliphatic rings. The van der Waals surface area contributed by atoms with Gasteiger partial charge in [0, 0.05) is 37.1 Å². The van der Waals surface area contributed by atoms with Gasteiger partial charge in [-0.25, -0.2) is 0 Å². The molecule has 194 valence electrons. The van der Waals surface area contributed by atoms with Crippen LogP contribution in [0.1, 0.15) is 29.2 Å². The highest BCUT2D eigenvalue weighted by molar-refractivity contribution is 5.97. The predicted octanol–water partition coefficient (Wildman–Crippen LogP) is 1.82. The Balaban J connectivity index is 1.53. The molecular formula is C28H33N5O4. The molecule has 0 saturated carbocycles. The highest BCUT2D eigenvalue weighted by atomic mass is 16.2. The van der Waals surface area contributed by atoms with Crippen molar-refractivity contribution >= 4 is 34.5 Å². The summed E-state index contributed by atoms with van der Waals surface area (Å²) in [6.07, 6.45) is 2.12. The van der Waals surface area contributed by atoms with Crippen LogP contribution in [0.25, 0.3) is 10.9 Å². The third kappa shape index (κ3) is 5.99. The van der Waals surface area contributed by atoms with Gasteiger partial charge >= 0.3 is 0 Å². The average Bonchev–Trinajstić information content (AvgIpc) is 3.26. The summed E-state index contributed by atoms with van der Waals surface area (Å²) >= 11 is 0. The summed E-state index contributed by atoms with van der Waals surface area (Å²) in [6, 6.07) is 12.3. The second-order valence-electron chi connectivity index (χ2n) is 9.78. The van der Waals surface area contributed by atoms with Gasteiger partial charge in [-0.2, -0.15) is 0 Å². The molecule has 0 radical (unpaired) electrons. The van der Waals surface area contributed by atoms with Crippen molar-refractivity contribution in [1.82, 2.24) is 25.4 Å². The van der Waals surface area contributed by atoms with Crippen LogP contribution in [-0.2, 0) is 32.1 Å². The number of H-pyrrole nitrogens is 1. The fourth-order valence-corrected chi connectivity index (χ4v) is 4.66. The molecule has 3 N–H and O–H groups in total. The van der Waals surface area contributed by atoms with E-state index in [0.29, 0.717) is 6.54 Å². The van der Waals surface area contributed by atoms with E-state index >= 15 is 0 Å². The van der Waals surface area contributed by atoms with Gasteiger partial charge in [-0.1, -0.05) is 36.4 Å². The largest absolute Gasteiger partial charge is 0.361 e. The summed E-state index contributed by atoms with van der Waals surface area (Å²) in [4.78, 5) is 57.0. The van der Waals surface area contributed by atoms with Crippen molar-refractivity contribution in [3.63, 3.8) is 0 Å². The van der Waals surface area contributed by atoms with Gasteiger partial charge in [0.25, 0.3) is 0 Å². The molecule has 4 rings (SSSR count). The van der Waals surface area contributed by atoms with E-state index in [4.69, 9.17) is 0 Å². The van der Waals surface area contributed by atoms with Crippen molar-refractivity contribution < 1.29 is 19.2 Å². The summed E-state index contributed by atoms with van der Waals surface area (Å²) < 4.78 is 0. The first-order chi connectivity index (χ1) is 17.6. The molecule has 1 saturated heterocycles. The SMILES string of the molecule is Cc1ccc(CN(C)C(=O)C(Cc2c[nH]c3ccccc23)NC(=O)CN2CC(=O)NC(C)C2=O)cc1C. The first-order valence-corrected chi connectivity index (χ1v) is 12.4. The van der Waals surface area contributed by atoms with E-state index in [9.17, 15) is 19.2 Å². The van der Waals surface area contributed by atoms with Crippen molar-refractivity contribution in [1.29, 1.82) is 0 Å². The minimum Gasteiger partial charge on any atom is -0.361 e. The number of aromatic nitrogens is 1. The van der Waals surface area contributed by atoms with Crippen LogP contribution >= 0.6 is 0 Å². The molecule has 2 aromatic carbocycles. The van der Waals surface area contributed by atoms with Gasteiger partial charge in [-0.3, -0.25) is 19.2 Å². The lowest BCUT2D eigenvalue weighted by atomic mass is 10.0. The number of carbonyl (C=O) groups is 4. The summed E-state index contributed by atoms with van der Waals surface area (Å²) in [7, 11) is 1.71. The second-order valence-corrected chi connectivity index (χ2v) is 9.78. The molecule has 0 aliphatic carbocycles. The number of amides is 4. The van der Waals surface area contributed by atoms with Crippen LogP contribution in [0, 0.1) is 13.8 Å². The van der Waals surface area contributed by atoms with Crippen molar-refractivity contribution in [3.8, 4) is 0 Å². The van der Waals surface area contributed by atoms with Crippen LogP contribution in [0.15, 0.2) is 48.7 Å². The Morgan fingerprint density at radius 1 is 1.14 bits per heavy atom. The Morgan fingerprint density at radius 3 is 2.65 bits per heavy atom. The minimum absolute atomic E-state index is 0.190. The number of hydrogen-bond acceptors (Lipinski definition) is 4. The molecule has 1 aliphatic heterocycles. The van der Waals surface area contributed by atoms with Crippen LogP contribution in [0.2, 0.25) is 0 Å². The lowest BCUT2D eigenvalue weighted by Gasteiger charge is -2.31. The normalized spacial score (nSPS) is 16.4. The average molecular weight is 504 g/mol. The van der Waals surface area contributed by atoms with E-state index < -0.39 is 18.0 Å². The number of hydrogen-bond donors (Lipinski definition) is 3. The quantitative estimate of drug-likeness (QED) is 0.435. The van der Waals surface area contributed by atoms with E-state index in [-0.39, 0.29) is 37.2 Å². The van der Waals surface area contributed by atoms with Crippen molar-refractivity contribution in [2.24, 2.45) is 0 Å². The number of aryl methyl sites for hydroxylation is 2. The number of nitrogens with zero attached hydrogens (tertiary/aromatic N) is 2. The maximum atomic E-state index is 13.6. The van der Waals surface area contributed by atoms with Crippen LogP contribution < -0.4 is 10.6 Å². The Kier molecular flexibility index (Phi) is 7.61. The van der Waals surface area contributed by atoms with Gasteiger partial charge in [0.2, 0.25) is 23.6 Å². The fraction of sp³-hybridized carbons (Fsp3) is 0.357. The Bertz CT molecular complexity index is 1350. The van der Waals surface area contributed by atoms with Crippen LogP contribution in [0.5, 0.6) is 0 Å². The summed E-state index contributed by atoms with van der Waals surface area (Å²) in [5.74, 6) is -1.39. The number of rotatable bonds is 8. The molecule has 3 aromatic rings. The van der Waals surface area contributed by atoms with Gasteiger partial charge < -0.3 is 25.4 Å². The van der Waals surface area contributed by atoms with Crippen molar-refractivity contribution in [2.45, 2.75) is 45.8 Å². The fourth-order valence-electron chi connectivity index (χ4n) is 4.66. The molecule has 37 heavy (non-hydrogen) atoms. The zero-order valence-corrected chi connectivity index (χ0v) is 21.6. The van der Waals surface area contributed by atoms with Crippen LogP contribution in [0.4, 0.5) is 0 Å². The van der Waals surface area contributed by atoms with Crippen molar-refractivity contribution in [3.05, 3.63) is 70.9 Å². The van der Waals surface area contributed by atoms with Gasteiger partial charge in [-0.15, -0.1) is 0 Å². The van der Waals surface area contributed by atoms with E-state index in [1.807, 2.05) is 56.4 Å². The summed E-state index contributed by atoms with van der Waals surface area (Å²) in [5.41, 5.74) is 5.16. The topological polar surface area (TPSA) is 115 Å². The van der Waals surface area contributed by atoms with Crippen LogP contribution in [-0.4, -0.2) is 70.6 Å². The third-order valence-corrected chi connectivity index (χ3v) is 6.83. The molecule has 2 heterocycles. The van der Waals surface area contributed by atoms with E-state index in [2.05, 4.69) is 21.7 Å². The Labute approximate surface area is 216 Å². The maximum absolute atomic E-state index is 13.6. The molecule has 0 spiro atoms. The highest BCUT2D eigenvalue weighted by Crippen LogP contribution is 2.20. The molecule has 0 bridgehead atoms. The second kappa shape index (κ2) is 10.9. The molecule has 2 atom stereocenters. The van der Waals surface area contributed by atoms with Gasteiger partial charge in [0.05, 0.1) is 0 Å². The molecule has 9 nitrogen and oxygen atoms in total. The maximum Gasteiger partial charge on any atom is 0.245 e. The molecule has 4 amide bonds. The smallest absolute Gasteiger partial charge is 0.245 e. The zero-order valence-electron chi connectivity index (χ0n) is 21.6. The standard InChI is InChI=1S/C28H33N5O4/c1-17-9-10-20(11-18(17)2)14-32(4)28(37)24(12-21-13-29-23-8-6-5-7-22(21)23)31-26(35)16-33-15-25(34)30-19(3)27(33)36/h5-11,13,19,24,29H,12,14-16H2,1-4H3,(H,30,34)(H,31,35). The number of carbonyl (C=O) groups excluding carboxylic acids is 4.